The number of esters is 1. The molecule has 1 atom stereocenters. The first-order valence-electron chi connectivity index (χ1n) is 11.6. The lowest BCUT2D eigenvalue weighted by Gasteiger charge is -2.41. The zero-order valence-corrected chi connectivity index (χ0v) is 21.8. The number of hydrogen-bond donors (Lipinski definition) is 2. The number of anilines is 2. The lowest BCUT2D eigenvalue weighted by Crippen LogP contribution is -2.65. The molecule has 3 aromatic rings. The van der Waals surface area contributed by atoms with Crippen LogP contribution in [0, 0.1) is 0 Å². The van der Waals surface area contributed by atoms with Crippen molar-refractivity contribution in [2.45, 2.75) is 19.4 Å². The monoisotopic (exact) mass is 550 g/mol. The lowest BCUT2D eigenvalue weighted by molar-refractivity contribution is -0.127. The van der Waals surface area contributed by atoms with E-state index in [1.165, 1.54) is 22.0 Å². The van der Waals surface area contributed by atoms with Crippen LogP contribution >= 0.6 is 23.8 Å². The molecule has 0 bridgehead atoms. The molecular weight excluding hydrogens is 528 g/mol. The summed E-state index contributed by atoms with van der Waals surface area (Å²) in [5.41, 5.74) is 4.18. The van der Waals surface area contributed by atoms with E-state index in [0.29, 0.717) is 27.5 Å². The molecule has 0 saturated carbocycles. The predicted octanol–water partition coefficient (Wildman–Crippen LogP) is 4.19. The number of hydrazine groups is 1. The Bertz CT molecular complexity index is 1370. The molecule has 0 unspecified atom stereocenters. The first kappa shape index (κ1) is 26.8. The van der Waals surface area contributed by atoms with Crippen molar-refractivity contribution in [3.63, 3.8) is 0 Å². The van der Waals surface area contributed by atoms with E-state index in [0.717, 1.165) is 0 Å². The first-order valence-corrected chi connectivity index (χ1v) is 12.4. The Hall–Kier alpha value is -4.28. The largest absolute Gasteiger partial charge is 0.462 e. The Morgan fingerprint density at radius 1 is 0.974 bits per heavy atom. The Kier molecular flexibility index (Phi) is 8.35. The molecule has 1 heterocycles. The van der Waals surface area contributed by atoms with E-state index in [1.54, 1.807) is 73.7 Å². The quantitative estimate of drug-likeness (QED) is 0.335. The van der Waals surface area contributed by atoms with Crippen molar-refractivity contribution < 1.29 is 23.9 Å². The van der Waals surface area contributed by atoms with E-state index >= 15 is 0 Å². The van der Waals surface area contributed by atoms with Crippen molar-refractivity contribution in [1.82, 2.24) is 10.4 Å². The minimum atomic E-state index is -1.14. The number of nitrogens with one attached hydrogen (secondary N) is 2. The van der Waals surface area contributed by atoms with Crippen molar-refractivity contribution in [1.29, 1.82) is 0 Å². The topological polar surface area (TPSA) is 108 Å². The van der Waals surface area contributed by atoms with Crippen molar-refractivity contribution in [3.05, 3.63) is 95.0 Å². The number of amides is 3. The zero-order valence-electron chi connectivity index (χ0n) is 20.2. The Balaban J connectivity index is 1.59. The van der Waals surface area contributed by atoms with Crippen LogP contribution in [0.4, 0.5) is 11.4 Å². The van der Waals surface area contributed by atoms with Gasteiger partial charge in [0.25, 0.3) is 5.91 Å². The Morgan fingerprint density at radius 2 is 1.63 bits per heavy atom. The molecule has 9 nitrogen and oxygen atoms in total. The van der Waals surface area contributed by atoms with Crippen molar-refractivity contribution in [2.75, 3.05) is 16.8 Å². The molecule has 0 spiro atoms. The highest BCUT2D eigenvalue weighted by molar-refractivity contribution is 7.80. The maximum Gasteiger partial charge on any atom is 0.338 e. The van der Waals surface area contributed by atoms with Crippen LogP contribution < -0.4 is 15.6 Å². The molecule has 11 heteroatoms. The summed E-state index contributed by atoms with van der Waals surface area (Å²) in [6.07, 6.45) is -0.273. The fraction of sp³-hybridized carbons (Fsp3) is 0.148. The highest BCUT2D eigenvalue weighted by Crippen LogP contribution is 2.26. The molecule has 4 rings (SSSR count). The molecule has 1 aliphatic rings. The van der Waals surface area contributed by atoms with Crippen LogP contribution in [0.5, 0.6) is 0 Å². The van der Waals surface area contributed by atoms with E-state index < -0.39 is 29.7 Å². The second-order valence-corrected chi connectivity index (χ2v) is 8.97. The number of rotatable bonds is 7. The van der Waals surface area contributed by atoms with Gasteiger partial charge in [0.05, 0.1) is 24.3 Å². The van der Waals surface area contributed by atoms with Crippen LogP contribution in [0.1, 0.15) is 34.1 Å². The van der Waals surface area contributed by atoms with Gasteiger partial charge in [-0.1, -0.05) is 29.8 Å². The SMILES string of the molecule is CCOC(=O)c1ccc(NC(=O)[C@H]2CC(=O)N(c3ccc(Cl)cc3)C(=S)N2NC(=O)c2ccccc2)cc1. The number of thiocarbonyl (C=S) groups is 1. The minimum Gasteiger partial charge on any atom is -0.462 e. The summed E-state index contributed by atoms with van der Waals surface area (Å²) < 4.78 is 4.97. The number of hydrogen-bond acceptors (Lipinski definition) is 6. The Morgan fingerprint density at radius 3 is 2.26 bits per heavy atom. The van der Waals surface area contributed by atoms with E-state index in [-0.39, 0.29) is 18.1 Å². The van der Waals surface area contributed by atoms with Gasteiger partial charge in [-0.05, 0) is 79.8 Å². The standard InChI is InChI=1S/C27H23ClN4O5S/c1-2-37-26(36)18-8-12-20(13-9-18)29-25(35)22-16-23(33)31(21-14-10-19(28)11-15-21)27(38)32(22)30-24(34)17-6-4-3-5-7-17/h3-15,22H,2,16H2,1H3,(H,29,35)(H,30,34)/t22-/m1/s1. The summed E-state index contributed by atoms with van der Waals surface area (Å²) in [5, 5.41) is 4.33. The highest BCUT2D eigenvalue weighted by Gasteiger charge is 2.42. The average Bonchev–Trinajstić information content (AvgIpc) is 2.92. The second kappa shape index (κ2) is 11.8. The number of nitrogens with zero attached hydrogens (tertiary/aromatic N) is 2. The fourth-order valence-electron chi connectivity index (χ4n) is 3.77. The van der Waals surface area contributed by atoms with Gasteiger partial charge in [-0.2, -0.15) is 0 Å². The summed E-state index contributed by atoms with van der Waals surface area (Å²) >= 11 is 11.6. The minimum absolute atomic E-state index is 0.0781. The molecule has 0 aliphatic carbocycles. The van der Waals surface area contributed by atoms with Gasteiger partial charge in [-0.3, -0.25) is 24.7 Å². The van der Waals surface area contributed by atoms with Crippen molar-refractivity contribution >= 4 is 64.0 Å². The maximum atomic E-state index is 13.4. The van der Waals surface area contributed by atoms with E-state index in [2.05, 4.69) is 10.7 Å². The third-order valence-corrected chi connectivity index (χ3v) is 6.27. The van der Waals surface area contributed by atoms with E-state index in [1.807, 2.05) is 0 Å². The molecule has 3 amide bonds. The van der Waals surface area contributed by atoms with Gasteiger partial charge in [0.1, 0.15) is 6.04 Å². The number of carbonyl (C=O) groups is 4. The number of halogens is 1. The maximum absolute atomic E-state index is 13.4. The Labute approximate surface area is 229 Å². The summed E-state index contributed by atoms with van der Waals surface area (Å²) in [5.74, 6) is -1.99. The van der Waals surface area contributed by atoms with Crippen LogP contribution in [0.3, 0.4) is 0 Å². The number of carbonyl (C=O) groups excluding carboxylic acids is 4. The molecular formula is C27H23ClN4O5S. The van der Waals surface area contributed by atoms with Gasteiger partial charge in [0, 0.05) is 16.3 Å². The molecule has 2 N–H and O–H groups in total. The van der Waals surface area contributed by atoms with Gasteiger partial charge in [0.2, 0.25) is 16.9 Å². The van der Waals surface area contributed by atoms with E-state index in [9.17, 15) is 19.2 Å². The summed E-state index contributed by atoms with van der Waals surface area (Å²) in [7, 11) is 0. The van der Waals surface area contributed by atoms with Gasteiger partial charge < -0.3 is 10.1 Å². The summed E-state index contributed by atoms with van der Waals surface area (Å²) in [4.78, 5) is 52.7. The van der Waals surface area contributed by atoms with Gasteiger partial charge in [-0.25, -0.2) is 9.80 Å². The van der Waals surface area contributed by atoms with Crippen LogP contribution in [0.25, 0.3) is 0 Å². The lowest BCUT2D eigenvalue weighted by atomic mass is 10.1. The van der Waals surface area contributed by atoms with E-state index in [4.69, 9.17) is 28.6 Å². The molecule has 3 aromatic carbocycles. The normalized spacial score (nSPS) is 15.2. The first-order chi connectivity index (χ1) is 18.3. The third kappa shape index (κ3) is 5.99. The number of ether oxygens (including phenoxy) is 1. The fourth-order valence-corrected chi connectivity index (χ4v) is 4.28. The van der Waals surface area contributed by atoms with Gasteiger partial charge in [0.15, 0.2) is 0 Å². The molecule has 1 aliphatic heterocycles. The zero-order chi connectivity index (χ0) is 27.2. The molecule has 1 saturated heterocycles. The van der Waals surface area contributed by atoms with Crippen molar-refractivity contribution in [2.24, 2.45) is 0 Å². The van der Waals surface area contributed by atoms with Crippen LogP contribution in [-0.4, -0.2) is 46.5 Å². The van der Waals surface area contributed by atoms with Crippen LogP contribution in [-0.2, 0) is 14.3 Å². The second-order valence-electron chi connectivity index (χ2n) is 8.17. The molecule has 38 heavy (non-hydrogen) atoms. The number of benzene rings is 3. The highest BCUT2D eigenvalue weighted by atomic mass is 35.5. The summed E-state index contributed by atoms with van der Waals surface area (Å²) in [6.45, 7) is 1.95. The summed E-state index contributed by atoms with van der Waals surface area (Å²) in [6, 6.07) is 19.8. The van der Waals surface area contributed by atoms with Crippen LogP contribution in [0.2, 0.25) is 5.02 Å². The average molecular weight is 551 g/mol. The van der Waals surface area contributed by atoms with Crippen molar-refractivity contribution in [3.8, 4) is 0 Å². The molecule has 0 aromatic heterocycles. The molecule has 194 valence electrons. The third-order valence-electron chi connectivity index (χ3n) is 5.64. The molecule has 1 fully saturated rings. The smallest absolute Gasteiger partial charge is 0.338 e. The van der Waals surface area contributed by atoms with Crippen LogP contribution in [0.15, 0.2) is 78.9 Å². The van der Waals surface area contributed by atoms with Gasteiger partial charge in [-0.15, -0.1) is 0 Å². The predicted molar refractivity (Wildman–Crippen MR) is 147 cm³/mol. The molecule has 0 radical (unpaired) electrons. The van der Waals surface area contributed by atoms with Gasteiger partial charge >= 0.3 is 5.97 Å².